The number of aliphatic carboxylic acids is 1. The van der Waals surface area contributed by atoms with E-state index in [1.54, 1.807) is 0 Å². The smallest absolute Gasteiger partial charge is 0.312 e. The van der Waals surface area contributed by atoms with Gasteiger partial charge in [-0.3, -0.25) is 9.59 Å². The molecule has 0 aromatic carbocycles. The van der Waals surface area contributed by atoms with Crippen LogP contribution < -0.4 is 16.4 Å². The van der Waals surface area contributed by atoms with Crippen LogP contribution >= 0.6 is 0 Å². The van der Waals surface area contributed by atoms with E-state index in [2.05, 4.69) is 10.6 Å². The fourth-order valence-electron chi connectivity index (χ4n) is 2.15. The van der Waals surface area contributed by atoms with Gasteiger partial charge in [-0.15, -0.1) is 0 Å². The van der Waals surface area contributed by atoms with Crippen molar-refractivity contribution in [3.05, 3.63) is 0 Å². The molecule has 1 rings (SSSR count). The highest BCUT2D eigenvalue weighted by Crippen LogP contribution is 2.34. The standard InChI is InChI=1S/C13H23N3O4/c1-3-7(2)11(16-13(14)20)12(19)15-9(6-10(17)18)8-4-5-8/h7-9,11H,3-6H2,1-2H3,(H,15,19)(H,17,18)(H3,14,16,20). The van der Waals surface area contributed by atoms with Gasteiger partial charge in [-0.2, -0.15) is 0 Å². The number of amides is 3. The van der Waals surface area contributed by atoms with E-state index >= 15 is 0 Å². The summed E-state index contributed by atoms with van der Waals surface area (Å²) >= 11 is 0. The third-order valence-electron chi connectivity index (χ3n) is 3.71. The maximum absolute atomic E-state index is 12.2. The molecule has 20 heavy (non-hydrogen) atoms. The molecule has 0 saturated heterocycles. The predicted molar refractivity (Wildman–Crippen MR) is 72.9 cm³/mol. The van der Waals surface area contributed by atoms with E-state index in [4.69, 9.17) is 10.8 Å². The first-order valence-corrected chi connectivity index (χ1v) is 6.93. The molecule has 0 radical (unpaired) electrons. The van der Waals surface area contributed by atoms with Crippen molar-refractivity contribution >= 4 is 17.9 Å². The Bertz CT molecular complexity index is 382. The second-order valence-electron chi connectivity index (χ2n) is 5.42. The van der Waals surface area contributed by atoms with Gasteiger partial charge in [0.05, 0.1) is 6.42 Å². The SMILES string of the molecule is CCC(C)C(NC(N)=O)C(=O)NC(CC(=O)O)C1CC1. The highest BCUT2D eigenvalue weighted by Gasteiger charge is 2.36. The minimum absolute atomic E-state index is 0.0767. The summed E-state index contributed by atoms with van der Waals surface area (Å²) in [7, 11) is 0. The number of primary amides is 1. The Kier molecular flexibility index (Phi) is 5.79. The topological polar surface area (TPSA) is 122 Å². The van der Waals surface area contributed by atoms with Crippen LogP contribution in [0.5, 0.6) is 0 Å². The third kappa shape index (κ3) is 5.07. The van der Waals surface area contributed by atoms with Crippen LogP contribution in [0.25, 0.3) is 0 Å². The molecule has 0 heterocycles. The van der Waals surface area contributed by atoms with Crippen molar-refractivity contribution in [2.75, 3.05) is 0 Å². The van der Waals surface area contributed by atoms with Crippen molar-refractivity contribution in [1.82, 2.24) is 10.6 Å². The Labute approximate surface area is 118 Å². The normalized spacial score (nSPS) is 18.7. The zero-order valence-corrected chi connectivity index (χ0v) is 11.9. The van der Waals surface area contributed by atoms with Crippen LogP contribution in [0.1, 0.15) is 39.5 Å². The highest BCUT2D eigenvalue weighted by atomic mass is 16.4. The van der Waals surface area contributed by atoms with E-state index in [-0.39, 0.29) is 30.2 Å². The van der Waals surface area contributed by atoms with Gasteiger partial charge in [-0.05, 0) is 24.7 Å². The summed E-state index contributed by atoms with van der Waals surface area (Å²) in [5.74, 6) is -1.16. The average Bonchev–Trinajstić information content (AvgIpc) is 3.17. The Balaban J connectivity index is 2.67. The van der Waals surface area contributed by atoms with Gasteiger partial charge in [0.1, 0.15) is 6.04 Å². The molecule has 3 amide bonds. The molecule has 5 N–H and O–H groups in total. The lowest BCUT2D eigenvalue weighted by molar-refractivity contribution is -0.138. The van der Waals surface area contributed by atoms with E-state index in [0.29, 0.717) is 6.42 Å². The Hall–Kier alpha value is -1.79. The lowest BCUT2D eigenvalue weighted by Gasteiger charge is -2.25. The number of nitrogens with two attached hydrogens (primary N) is 1. The molecule has 0 spiro atoms. The molecule has 0 aromatic rings. The number of hydrogen-bond acceptors (Lipinski definition) is 3. The van der Waals surface area contributed by atoms with Crippen LogP contribution in [0.15, 0.2) is 0 Å². The number of carbonyl (C=O) groups is 3. The molecule has 0 bridgehead atoms. The van der Waals surface area contributed by atoms with Crippen molar-refractivity contribution in [3.63, 3.8) is 0 Å². The lowest BCUT2D eigenvalue weighted by atomic mass is 9.97. The minimum Gasteiger partial charge on any atom is -0.481 e. The van der Waals surface area contributed by atoms with Crippen LogP contribution in [-0.2, 0) is 9.59 Å². The van der Waals surface area contributed by atoms with Crippen molar-refractivity contribution in [3.8, 4) is 0 Å². The second kappa shape index (κ2) is 7.12. The molecule has 0 aromatic heterocycles. The summed E-state index contributed by atoms with van der Waals surface area (Å²) in [6.07, 6.45) is 2.45. The van der Waals surface area contributed by atoms with E-state index in [1.165, 1.54) is 0 Å². The number of rotatable bonds is 8. The number of carbonyl (C=O) groups excluding carboxylic acids is 2. The first kappa shape index (κ1) is 16.3. The summed E-state index contributed by atoms with van der Waals surface area (Å²) in [6, 6.07) is -1.86. The molecule has 114 valence electrons. The maximum atomic E-state index is 12.2. The predicted octanol–water partition coefficient (Wildman–Crippen LogP) is 0.439. The molecule has 7 heteroatoms. The van der Waals surface area contributed by atoms with Gasteiger partial charge >= 0.3 is 12.0 Å². The largest absolute Gasteiger partial charge is 0.481 e. The van der Waals surface area contributed by atoms with Crippen molar-refractivity contribution < 1.29 is 19.5 Å². The summed E-state index contributed by atoms with van der Waals surface area (Å²) in [4.78, 5) is 34.0. The van der Waals surface area contributed by atoms with E-state index in [0.717, 1.165) is 12.8 Å². The first-order chi connectivity index (χ1) is 9.35. The third-order valence-corrected chi connectivity index (χ3v) is 3.71. The molecule has 1 fully saturated rings. The molecule has 0 aliphatic heterocycles. The first-order valence-electron chi connectivity index (χ1n) is 6.93. The fraction of sp³-hybridized carbons (Fsp3) is 0.769. The molecule has 3 atom stereocenters. The Morgan fingerprint density at radius 1 is 1.30 bits per heavy atom. The van der Waals surface area contributed by atoms with Gasteiger partial charge < -0.3 is 21.5 Å². The van der Waals surface area contributed by atoms with Gasteiger partial charge in [0.15, 0.2) is 0 Å². The summed E-state index contributed by atoms with van der Waals surface area (Å²) in [5.41, 5.74) is 5.08. The molecular formula is C13H23N3O4. The van der Waals surface area contributed by atoms with Crippen molar-refractivity contribution in [2.24, 2.45) is 17.6 Å². The van der Waals surface area contributed by atoms with E-state index in [9.17, 15) is 14.4 Å². The van der Waals surface area contributed by atoms with Gasteiger partial charge in [0.25, 0.3) is 0 Å². The van der Waals surface area contributed by atoms with Gasteiger partial charge in [0.2, 0.25) is 5.91 Å². The van der Waals surface area contributed by atoms with Crippen LogP contribution in [0, 0.1) is 11.8 Å². The summed E-state index contributed by atoms with van der Waals surface area (Å²) < 4.78 is 0. The minimum atomic E-state index is -0.940. The Morgan fingerprint density at radius 2 is 1.90 bits per heavy atom. The molecule has 3 unspecified atom stereocenters. The van der Waals surface area contributed by atoms with Crippen LogP contribution in [0.4, 0.5) is 4.79 Å². The molecule has 1 aliphatic carbocycles. The zero-order chi connectivity index (χ0) is 15.3. The van der Waals surface area contributed by atoms with Crippen LogP contribution in [0.3, 0.4) is 0 Å². The maximum Gasteiger partial charge on any atom is 0.312 e. The average molecular weight is 285 g/mol. The lowest BCUT2D eigenvalue weighted by Crippen LogP contribution is -2.54. The number of carboxylic acid groups (broad SMARTS) is 1. The van der Waals surface area contributed by atoms with Crippen LogP contribution in [0.2, 0.25) is 0 Å². The molecule has 7 nitrogen and oxygen atoms in total. The van der Waals surface area contributed by atoms with E-state index in [1.807, 2.05) is 13.8 Å². The molecular weight excluding hydrogens is 262 g/mol. The summed E-state index contributed by atoms with van der Waals surface area (Å²) in [6.45, 7) is 3.74. The van der Waals surface area contributed by atoms with Gasteiger partial charge in [-0.1, -0.05) is 20.3 Å². The quantitative estimate of drug-likeness (QED) is 0.517. The van der Waals surface area contributed by atoms with Crippen molar-refractivity contribution in [1.29, 1.82) is 0 Å². The zero-order valence-electron chi connectivity index (χ0n) is 11.9. The summed E-state index contributed by atoms with van der Waals surface area (Å²) in [5, 5.41) is 14.0. The molecule has 1 saturated carbocycles. The fourth-order valence-corrected chi connectivity index (χ4v) is 2.15. The monoisotopic (exact) mass is 285 g/mol. The highest BCUT2D eigenvalue weighted by molar-refractivity contribution is 5.87. The van der Waals surface area contributed by atoms with Gasteiger partial charge in [0, 0.05) is 6.04 Å². The number of nitrogens with one attached hydrogen (secondary N) is 2. The number of urea groups is 1. The number of hydrogen-bond donors (Lipinski definition) is 4. The van der Waals surface area contributed by atoms with Crippen LogP contribution in [-0.4, -0.2) is 35.1 Å². The van der Waals surface area contributed by atoms with E-state index < -0.39 is 18.0 Å². The Morgan fingerprint density at radius 3 is 2.30 bits per heavy atom. The second-order valence-corrected chi connectivity index (χ2v) is 5.42. The van der Waals surface area contributed by atoms with Crippen molar-refractivity contribution in [2.45, 2.75) is 51.6 Å². The molecule has 1 aliphatic rings. The van der Waals surface area contributed by atoms with Gasteiger partial charge in [-0.25, -0.2) is 4.79 Å². The number of carboxylic acids is 1.